The minimum Gasteiger partial charge on any atom is -0.497 e. The summed E-state index contributed by atoms with van der Waals surface area (Å²) in [6.07, 6.45) is 0. The number of nitrogens with two attached hydrogens (primary N) is 1. The van der Waals surface area contributed by atoms with Crippen LogP contribution >= 0.6 is 0 Å². The number of nitrogens with zero attached hydrogens (tertiary/aromatic N) is 3. The molecule has 0 aliphatic heterocycles. The summed E-state index contributed by atoms with van der Waals surface area (Å²) in [6.45, 7) is 2.66. The summed E-state index contributed by atoms with van der Waals surface area (Å²) in [5.74, 6) is 2.30. The number of likely N-dealkylation sites (N-methyl/N-ethyl adjacent to an activating group) is 1. The number of ether oxygens (including phenoxy) is 3. The first-order chi connectivity index (χ1) is 14.6. The third kappa shape index (κ3) is 7.31. The van der Waals surface area contributed by atoms with Gasteiger partial charge in [-0.05, 0) is 62.6 Å². The van der Waals surface area contributed by atoms with Crippen molar-refractivity contribution in [2.24, 2.45) is 10.7 Å². The second-order valence-corrected chi connectivity index (χ2v) is 6.74. The molecule has 3 N–H and O–H groups in total. The number of hydrazine groups is 1. The zero-order valence-corrected chi connectivity index (χ0v) is 18.3. The molecule has 0 bridgehead atoms. The second-order valence-electron chi connectivity index (χ2n) is 6.74. The predicted octanol–water partition coefficient (Wildman–Crippen LogP) is 1.96. The van der Waals surface area contributed by atoms with E-state index in [2.05, 4.69) is 10.3 Å². The predicted molar refractivity (Wildman–Crippen MR) is 121 cm³/mol. The summed E-state index contributed by atoms with van der Waals surface area (Å²) in [5, 5.41) is 1.91. The van der Waals surface area contributed by atoms with Crippen molar-refractivity contribution in [3.05, 3.63) is 54.1 Å². The van der Waals surface area contributed by atoms with Gasteiger partial charge in [0.1, 0.15) is 24.8 Å². The number of hydrogen-bond donors (Lipinski definition) is 2. The standard InChI is InChI=1S/C22H33N5O3/c1-24-27(19-7-11-20(28-4)12-8-19)22(25-17-29-16-14-26(2)3)18-5-9-21(10-6-18)30-15-13-23/h5-12,24H,13-17,23H2,1-4H3/b25-22-. The number of anilines is 1. The molecule has 0 saturated heterocycles. The van der Waals surface area contributed by atoms with E-state index in [-0.39, 0.29) is 6.73 Å². The smallest absolute Gasteiger partial charge is 0.152 e. The molecule has 0 fully saturated rings. The topological polar surface area (TPSA) is 84.6 Å². The molecule has 0 atom stereocenters. The number of rotatable bonds is 12. The number of methoxy groups -OCH3 is 1. The molecule has 0 unspecified atom stereocenters. The zero-order valence-electron chi connectivity index (χ0n) is 18.3. The molecule has 8 nitrogen and oxygen atoms in total. The van der Waals surface area contributed by atoms with Crippen LogP contribution in [0.25, 0.3) is 0 Å². The van der Waals surface area contributed by atoms with Crippen molar-refractivity contribution >= 4 is 11.5 Å². The SMILES string of the molecule is CNN(/C(=N\COCCN(C)C)c1ccc(OCCN)cc1)c1ccc(OC)cc1. The highest BCUT2D eigenvalue weighted by atomic mass is 16.5. The van der Waals surface area contributed by atoms with Gasteiger partial charge >= 0.3 is 0 Å². The molecule has 2 aromatic rings. The van der Waals surface area contributed by atoms with E-state index in [0.29, 0.717) is 19.8 Å². The Labute approximate surface area is 179 Å². The molecule has 0 saturated carbocycles. The number of hydrogen-bond acceptors (Lipinski definition) is 7. The Morgan fingerprint density at radius 1 is 1.00 bits per heavy atom. The van der Waals surface area contributed by atoms with Crippen LogP contribution < -0.4 is 25.6 Å². The summed E-state index contributed by atoms with van der Waals surface area (Å²) in [5.41, 5.74) is 10.6. The van der Waals surface area contributed by atoms with Gasteiger partial charge in [-0.15, -0.1) is 0 Å². The molecule has 0 aromatic heterocycles. The van der Waals surface area contributed by atoms with Crippen LogP contribution in [0.4, 0.5) is 5.69 Å². The van der Waals surface area contributed by atoms with Crippen LogP contribution in [-0.4, -0.2) is 72.0 Å². The van der Waals surface area contributed by atoms with Crippen LogP contribution in [0.1, 0.15) is 5.56 Å². The Morgan fingerprint density at radius 3 is 2.23 bits per heavy atom. The first-order valence-electron chi connectivity index (χ1n) is 9.90. The Morgan fingerprint density at radius 2 is 1.67 bits per heavy atom. The monoisotopic (exact) mass is 415 g/mol. The van der Waals surface area contributed by atoms with E-state index in [1.807, 2.05) is 74.7 Å². The molecule has 0 spiro atoms. The van der Waals surface area contributed by atoms with Crippen molar-refractivity contribution in [1.29, 1.82) is 0 Å². The van der Waals surface area contributed by atoms with E-state index >= 15 is 0 Å². The van der Waals surface area contributed by atoms with Crippen molar-refractivity contribution in [2.75, 3.05) is 66.3 Å². The van der Waals surface area contributed by atoms with Crippen LogP contribution in [0.5, 0.6) is 11.5 Å². The molecule has 0 amide bonds. The minimum absolute atomic E-state index is 0.253. The fraction of sp³-hybridized carbons (Fsp3) is 0.409. The van der Waals surface area contributed by atoms with Crippen molar-refractivity contribution in [3.63, 3.8) is 0 Å². The van der Waals surface area contributed by atoms with E-state index in [1.165, 1.54) is 0 Å². The van der Waals surface area contributed by atoms with Gasteiger partial charge < -0.3 is 24.8 Å². The Hall–Kier alpha value is -2.65. The first kappa shape index (κ1) is 23.6. The lowest BCUT2D eigenvalue weighted by atomic mass is 10.1. The summed E-state index contributed by atoms with van der Waals surface area (Å²) in [7, 11) is 7.53. The third-order valence-electron chi connectivity index (χ3n) is 4.25. The van der Waals surface area contributed by atoms with Crippen LogP contribution in [0.3, 0.4) is 0 Å². The second kappa shape index (κ2) is 12.8. The van der Waals surface area contributed by atoms with Gasteiger partial charge in [-0.3, -0.25) is 5.01 Å². The van der Waals surface area contributed by atoms with Gasteiger partial charge in [0.2, 0.25) is 0 Å². The van der Waals surface area contributed by atoms with E-state index in [9.17, 15) is 0 Å². The Kier molecular flexibility index (Phi) is 10.1. The molecule has 30 heavy (non-hydrogen) atoms. The van der Waals surface area contributed by atoms with Gasteiger partial charge in [0.05, 0.1) is 19.4 Å². The molecular weight excluding hydrogens is 382 g/mol. The summed E-state index contributed by atoms with van der Waals surface area (Å²) < 4.78 is 16.6. The fourth-order valence-corrected chi connectivity index (χ4v) is 2.68. The molecule has 0 aliphatic rings. The minimum atomic E-state index is 0.253. The third-order valence-corrected chi connectivity index (χ3v) is 4.25. The molecule has 164 valence electrons. The number of aliphatic imine (C=N–C) groups is 1. The number of nitrogens with one attached hydrogen (secondary N) is 1. The lowest BCUT2D eigenvalue weighted by Crippen LogP contribution is -2.41. The molecule has 0 heterocycles. The first-order valence-corrected chi connectivity index (χ1v) is 9.90. The van der Waals surface area contributed by atoms with Gasteiger partial charge in [-0.25, -0.2) is 10.4 Å². The summed E-state index contributed by atoms with van der Waals surface area (Å²) >= 11 is 0. The van der Waals surface area contributed by atoms with Gasteiger partial charge in [0.15, 0.2) is 5.84 Å². The lowest BCUT2D eigenvalue weighted by molar-refractivity contribution is 0.124. The maximum atomic E-state index is 5.70. The van der Waals surface area contributed by atoms with E-state index in [0.717, 1.165) is 35.1 Å². The van der Waals surface area contributed by atoms with Gasteiger partial charge in [0.25, 0.3) is 0 Å². The van der Waals surface area contributed by atoms with E-state index in [1.54, 1.807) is 7.11 Å². The normalized spacial score (nSPS) is 11.6. The van der Waals surface area contributed by atoms with Crippen molar-refractivity contribution in [3.8, 4) is 11.5 Å². The van der Waals surface area contributed by atoms with E-state index in [4.69, 9.17) is 24.9 Å². The summed E-state index contributed by atoms with van der Waals surface area (Å²) in [6, 6.07) is 15.5. The largest absolute Gasteiger partial charge is 0.497 e. The van der Waals surface area contributed by atoms with Gasteiger partial charge in [-0.2, -0.15) is 0 Å². The zero-order chi connectivity index (χ0) is 21.8. The van der Waals surface area contributed by atoms with Crippen LogP contribution in [0.2, 0.25) is 0 Å². The number of benzene rings is 2. The van der Waals surface area contributed by atoms with E-state index < -0.39 is 0 Å². The molecule has 0 aliphatic carbocycles. The van der Waals surface area contributed by atoms with Gasteiger partial charge in [0, 0.05) is 25.7 Å². The van der Waals surface area contributed by atoms with Gasteiger partial charge in [-0.1, -0.05) is 0 Å². The maximum Gasteiger partial charge on any atom is 0.152 e. The van der Waals surface area contributed by atoms with Crippen molar-refractivity contribution in [2.45, 2.75) is 0 Å². The van der Waals surface area contributed by atoms with Crippen LogP contribution in [0.15, 0.2) is 53.5 Å². The highest BCUT2D eigenvalue weighted by Crippen LogP contribution is 2.21. The van der Waals surface area contributed by atoms with Crippen LogP contribution in [0, 0.1) is 0 Å². The molecule has 2 rings (SSSR count). The maximum absolute atomic E-state index is 5.70. The molecule has 8 heteroatoms. The number of amidine groups is 1. The lowest BCUT2D eigenvalue weighted by Gasteiger charge is -2.26. The average molecular weight is 416 g/mol. The average Bonchev–Trinajstić information content (AvgIpc) is 2.77. The fourth-order valence-electron chi connectivity index (χ4n) is 2.68. The Balaban J connectivity index is 2.26. The summed E-state index contributed by atoms with van der Waals surface area (Å²) in [4.78, 5) is 6.79. The quantitative estimate of drug-likeness (QED) is 0.237. The molecule has 2 aromatic carbocycles. The highest BCUT2D eigenvalue weighted by Gasteiger charge is 2.15. The highest BCUT2D eigenvalue weighted by molar-refractivity contribution is 6.09. The Bertz CT molecular complexity index is 763. The molecular formula is C22H33N5O3. The van der Waals surface area contributed by atoms with Crippen molar-refractivity contribution < 1.29 is 14.2 Å². The molecule has 0 radical (unpaired) electrons. The van der Waals surface area contributed by atoms with Crippen molar-refractivity contribution in [1.82, 2.24) is 10.3 Å². The van der Waals surface area contributed by atoms with Crippen LogP contribution in [-0.2, 0) is 4.74 Å².